The summed E-state index contributed by atoms with van der Waals surface area (Å²) in [6.45, 7) is 5.55. The van der Waals surface area contributed by atoms with E-state index in [2.05, 4.69) is 21.2 Å². The summed E-state index contributed by atoms with van der Waals surface area (Å²) in [6, 6.07) is 5.42. The average Bonchev–Trinajstić information content (AvgIpc) is 2.30. The van der Waals surface area contributed by atoms with Crippen LogP contribution in [-0.2, 0) is 9.59 Å². The van der Waals surface area contributed by atoms with Crippen molar-refractivity contribution in [3.05, 3.63) is 28.2 Å². The zero-order valence-electron chi connectivity index (χ0n) is 10.6. The van der Waals surface area contributed by atoms with E-state index in [1.54, 1.807) is 19.9 Å². The standard InChI is InChI=1S/C13H16BrNO3/c1-9-6-10(14)4-5-11(9)18-12(17)13(2,3)7-15-8-16/h4-6,8H,7H2,1-3H3,(H,15,16). The lowest BCUT2D eigenvalue weighted by atomic mass is 9.94. The SMILES string of the molecule is Cc1cc(Br)ccc1OC(=O)C(C)(C)CNC=O. The molecule has 4 nitrogen and oxygen atoms in total. The lowest BCUT2D eigenvalue weighted by Gasteiger charge is -2.22. The second-order valence-electron chi connectivity index (χ2n) is 4.68. The Labute approximate surface area is 115 Å². The topological polar surface area (TPSA) is 55.4 Å². The highest BCUT2D eigenvalue weighted by atomic mass is 79.9. The fourth-order valence-electron chi connectivity index (χ4n) is 1.33. The van der Waals surface area contributed by atoms with Crippen LogP contribution >= 0.6 is 15.9 Å². The Balaban J connectivity index is 2.77. The van der Waals surface area contributed by atoms with E-state index in [-0.39, 0.29) is 12.5 Å². The van der Waals surface area contributed by atoms with Gasteiger partial charge in [-0.15, -0.1) is 0 Å². The van der Waals surface area contributed by atoms with E-state index >= 15 is 0 Å². The molecular weight excluding hydrogens is 298 g/mol. The number of aryl methyl sites for hydroxylation is 1. The molecule has 1 rings (SSSR count). The van der Waals surface area contributed by atoms with Crippen LogP contribution in [0.1, 0.15) is 19.4 Å². The largest absolute Gasteiger partial charge is 0.426 e. The Bertz CT molecular complexity index is 458. The molecule has 1 amide bonds. The number of carbonyl (C=O) groups excluding carboxylic acids is 2. The molecule has 0 unspecified atom stereocenters. The van der Waals surface area contributed by atoms with Crippen LogP contribution in [0.15, 0.2) is 22.7 Å². The first kappa shape index (κ1) is 14.7. The van der Waals surface area contributed by atoms with Gasteiger partial charge in [0.05, 0.1) is 5.41 Å². The first-order valence-corrected chi connectivity index (χ1v) is 6.31. The van der Waals surface area contributed by atoms with Crippen LogP contribution in [0.5, 0.6) is 5.75 Å². The number of ether oxygens (including phenoxy) is 1. The first-order valence-electron chi connectivity index (χ1n) is 5.52. The third kappa shape index (κ3) is 3.84. The molecule has 1 N–H and O–H groups in total. The van der Waals surface area contributed by atoms with Crippen molar-refractivity contribution in [2.45, 2.75) is 20.8 Å². The number of esters is 1. The number of halogens is 1. The van der Waals surface area contributed by atoms with Crippen LogP contribution in [0.25, 0.3) is 0 Å². The molecule has 0 heterocycles. The van der Waals surface area contributed by atoms with E-state index in [1.165, 1.54) is 0 Å². The lowest BCUT2D eigenvalue weighted by molar-refractivity contribution is -0.143. The van der Waals surface area contributed by atoms with E-state index in [9.17, 15) is 9.59 Å². The van der Waals surface area contributed by atoms with Crippen molar-refractivity contribution in [3.63, 3.8) is 0 Å². The molecule has 0 aliphatic heterocycles. The van der Waals surface area contributed by atoms with E-state index in [0.717, 1.165) is 10.0 Å². The molecule has 5 heteroatoms. The van der Waals surface area contributed by atoms with Crippen molar-refractivity contribution in [1.82, 2.24) is 5.32 Å². The summed E-state index contributed by atoms with van der Waals surface area (Å²) < 4.78 is 6.28. The molecule has 1 aromatic rings. The predicted octanol–water partition coefficient (Wildman–Crippen LogP) is 2.44. The summed E-state index contributed by atoms with van der Waals surface area (Å²) in [5, 5.41) is 2.49. The van der Waals surface area contributed by atoms with Gasteiger partial charge < -0.3 is 10.1 Å². The summed E-state index contributed by atoms with van der Waals surface area (Å²) in [7, 11) is 0. The monoisotopic (exact) mass is 313 g/mol. The van der Waals surface area contributed by atoms with E-state index in [0.29, 0.717) is 12.2 Å². The van der Waals surface area contributed by atoms with E-state index < -0.39 is 5.41 Å². The van der Waals surface area contributed by atoms with Gasteiger partial charge in [-0.2, -0.15) is 0 Å². The molecule has 0 bridgehead atoms. The van der Waals surface area contributed by atoms with Gasteiger partial charge in [0.15, 0.2) is 0 Å². The van der Waals surface area contributed by atoms with Crippen LogP contribution in [0.4, 0.5) is 0 Å². The normalized spacial score (nSPS) is 10.9. The number of hydrogen-bond acceptors (Lipinski definition) is 3. The van der Waals surface area contributed by atoms with Crippen molar-refractivity contribution in [1.29, 1.82) is 0 Å². The summed E-state index contributed by atoms with van der Waals surface area (Å²) in [5.74, 6) is 0.157. The third-order valence-corrected chi connectivity index (χ3v) is 3.01. The maximum atomic E-state index is 12.0. The van der Waals surface area contributed by atoms with E-state index in [4.69, 9.17) is 4.74 Å². The average molecular weight is 314 g/mol. The lowest BCUT2D eigenvalue weighted by Crippen LogP contribution is -2.38. The molecule has 0 atom stereocenters. The molecule has 0 spiro atoms. The maximum Gasteiger partial charge on any atom is 0.318 e. The van der Waals surface area contributed by atoms with Gasteiger partial charge >= 0.3 is 5.97 Å². The molecule has 1 aromatic carbocycles. The fraction of sp³-hybridized carbons (Fsp3) is 0.385. The number of rotatable bonds is 5. The molecule has 0 fully saturated rings. The van der Waals surface area contributed by atoms with Gasteiger partial charge in [-0.1, -0.05) is 15.9 Å². The third-order valence-electron chi connectivity index (χ3n) is 2.52. The molecule has 0 aliphatic rings. The van der Waals surface area contributed by atoms with Crippen molar-refractivity contribution in [2.24, 2.45) is 5.41 Å². The summed E-state index contributed by atoms with van der Waals surface area (Å²) in [5.41, 5.74) is 0.109. The smallest absolute Gasteiger partial charge is 0.318 e. The van der Waals surface area contributed by atoms with Gasteiger partial charge in [0.25, 0.3) is 0 Å². The highest BCUT2D eigenvalue weighted by Gasteiger charge is 2.29. The minimum atomic E-state index is -0.763. The van der Waals surface area contributed by atoms with Gasteiger partial charge in [-0.05, 0) is 44.5 Å². The van der Waals surface area contributed by atoms with Crippen molar-refractivity contribution < 1.29 is 14.3 Å². The van der Waals surface area contributed by atoms with Crippen molar-refractivity contribution in [3.8, 4) is 5.75 Å². The highest BCUT2D eigenvalue weighted by Crippen LogP contribution is 2.25. The van der Waals surface area contributed by atoms with Crippen LogP contribution in [0, 0.1) is 12.3 Å². The molecule has 0 radical (unpaired) electrons. The van der Waals surface area contributed by atoms with Gasteiger partial charge in [0.1, 0.15) is 5.75 Å². The van der Waals surface area contributed by atoms with Crippen LogP contribution in [0.2, 0.25) is 0 Å². The zero-order valence-corrected chi connectivity index (χ0v) is 12.2. The van der Waals surface area contributed by atoms with Crippen molar-refractivity contribution >= 4 is 28.3 Å². The van der Waals surface area contributed by atoms with E-state index in [1.807, 2.05) is 19.1 Å². The summed E-state index contributed by atoms with van der Waals surface area (Å²) >= 11 is 3.35. The Kier molecular flexibility index (Phi) is 4.90. The Morgan fingerprint density at radius 1 is 1.50 bits per heavy atom. The van der Waals surface area contributed by atoms with Gasteiger partial charge in [0, 0.05) is 11.0 Å². The summed E-state index contributed by atoms with van der Waals surface area (Å²) in [4.78, 5) is 22.2. The highest BCUT2D eigenvalue weighted by molar-refractivity contribution is 9.10. The molecule has 18 heavy (non-hydrogen) atoms. The van der Waals surface area contributed by atoms with Gasteiger partial charge in [-0.25, -0.2) is 0 Å². The number of carbonyl (C=O) groups is 2. The quantitative estimate of drug-likeness (QED) is 0.516. The van der Waals surface area contributed by atoms with Gasteiger partial charge in [-0.3, -0.25) is 9.59 Å². The molecule has 98 valence electrons. The number of hydrogen-bond donors (Lipinski definition) is 1. The zero-order chi connectivity index (χ0) is 13.8. The number of nitrogens with one attached hydrogen (secondary N) is 1. The second kappa shape index (κ2) is 6.00. The Morgan fingerprint density at radius 2 is 2.17 bits per heavy atom. The van der Waals surface area contributed by atoms with Gasteiger partial charge in [0.2, 0.25) is 6.41 Å². The molecule has 0 aliphatic carbocycles. The first-order chi connectivity index (χ1) is 8.36. The Hall–Kier alpha value is -1.36. The van der Waals surface area contributed by atoms with Crippen LogP contribution in [-0.4, -0.2) is 18.9 Å². The minimum Gasteiger partial charge on any atom is -0.426 e. The number of benzene rings is 1. The fourth-order valence-corrected chi connectivity index (χ4v) is 1.81. The Morgan fingerprint density at radius 3 is 2.72 bits per heavy atom. The second-order valence-corrected chi connectivity index (χ2v) is 5.60. The van der Waals surface area contributed by atoms with Crippen LogP contribution in [0.3, 0.4) is 0 Å². The molecule has 0 saturated carbocycles. The molecule has 0 saturated heterocycles. The maximum absolute atomic E-state index is 12.0. The summed E-state index contributed by atoms with van der Waals surface area (Å²) in [6.07, 6.45) is 0.569. The number of amides is 1. The van der Waals surface area contributed by atoms with Crippen LogP contribution < -0.4 is 10.1 Å². The predicted molar refractivity (Wildman–Crippen MR) is 72.4 cm³/mol. The molecular formula is C13H16BrNO3. The minimum absolute atomic E-state index is 0.241. The van der Waals surface area contributed by atoms with Crippen molar-refractivity contribution in [2.75, 3.05) is 6.54 Å². The molecule has 0 aromatic heterocycles.